The molecule has 3 heterocycles. The summed E-state index contributed by atoms with van der Waals surface area (Å²) >= 11 is 0. The van der Waals surface area contributed by atoms with Gasteiger partial charge in [0.2, 0.25) is 0 Å². The summed E-state index contributed by atoms with van der Waals surface area (Å²) in [6.07, 6.45) is -0.0224. The fourth-order valence-electron chi connectivity index (χ4n) is 3.46. The van der Waals surface area contributed by atoms with Crippen LogP contribution < -0.4 is 0 Å². The lowest BCUT2D eigenvalue weighted by molar-refractivity contribution is 0.0736. The molecule has 1 saturated heterocycles. The number of carbonyl (C=O) groups excluding carboxylic acids is 1. The van der Waals surface area contributed by atoms with E-state index in [1.807, 2.05) is 38.1 Å². The van der Waals surface area contributed by atoms with Gasteiger partial charge < -0.3 is 18.9 Å². The minimum Gasteiger partial charge on any atom is -0.451 e. The molecule has 0 spiro atoms. The van der Waals surface area contributed by atoms with Gasteiger partial charge in [0.05, 0.1) is 11.8 Å². The minimum atomic E-state index is -0.583. The van der Waals surface area contributed by atoms with Gasteiger partial charge in [0.15, 0.2) is 5.76 Å². The summed E-state index contributed by atoms with van der Waals surface area (Å²) in [4.78, 5) is 14.4. The molecule has 0 bridgehead atoms. The number of aryl methyl sites for hydroxylation is 2. The van der Waals surface area contributed by atoms with Gasteiger partial charge in [-0.2, -0.15) is 0 Å². The van der Waals surface area contributed by atoms with E-state index in [4.69, 9.17) is 8.94 Å². The van der Waals surface area contributed by atoms with Gasteiger partial charge in [-0.15, -0.1) is 0 Å². The number of nitrogens with zero attached hydrogens (tertiary/aromatic N) is 2. The number of likely N-dealkylation sites (tertiary alicyclic amines) is 1. The molecule has 1 amide bonds. The van der Waals surface area contributed by atoms with E-state index in [0.29, 0.717) is 25.3 Å². The third-order valence-corrected chi connectivity index (χ3v) is 4.79. The van der Waals surface area contributed by atoms with Crippen molar-refractivity contribution in [2.45, 2.75) is 26.4 Å². The Morgan fingerprint density at radius 2 is 2.16 bits per heavy atom. The number of furan rings is 1. The number of aromatic nitrogens is 1. The second-order valence-corrected chi connectivity index (χ2v) is 6.78. The quantitative estimate of drug-likeness (QED) is 0.793. The summed E-state index contributed by atoms with van der Waals surface area (Å²) in [5.74, 6) is 0.788. The Bertz CT molecular complexity index is 927. The average Bonchev–Trinajstić information content (AvgIpc) is 3.27. The topological polar surface area (TPSA) is 79.7 Å². The van der Waals surface area contributed by atoms with Crippen LogP contribution in [0.4, 0.5) is 0 Å². The first-order valence-electron chi connectivity index (χ1n) is 8.40. The monoisotopic (exact) mass is 340 g/mol. The molecule has 2 aromatic heterocycles. The summed E-state index contributed by atoms with van der Waals surface area (Å²) in [6, 6.07) is 9.45. The van der Waals surface area contributed by atoms with Crippen LogP contribution in [-0.4, -0.2) is 40.3 Å². The number of amides is 1. The van der Waals surface area contributed by atoms with Gasteiger partial charge in [0.1, 0.15) is 11.3 Å². The highest BCUT2D eigenvalue weighted by Crippen LogP contribution is 2.27. The Kier molecular flexibility index (Phi) is 3.84. The highest BCUT2D eigenvalue weighted by Gasteiger charge is 2.36. The maximum Gasteiger partial charge on any atom is 0.289 e. The largest absolute Gasteiger partial charge is 0.451 e. The predicted octanol–water partition coefficient (Wildman–Crippen LogP) is 2.71. The maximum atomic E-state index is 12.8. The van der Waals surface area contributed by atoms with Crippen LogP contribution in [0.3, 0.4) is 0 Å². The molecule has 0 aliphatic carbocycles. The summed E-state index contributed by atoms with van der Waals surface area (Å²) in [5.41, 5.74) is 2.55. The van der Waals surface area contributed by atoms with Crippen LogP contribution in [0.15, 0.2) is 39.3 Å². The van der Waals surface area contributed by atoms with Crippen LogP contribution in [0.2, 0.25) is 0 Å². The fourth-order valence-corrected chi connectivity index (χ4v) is 3.46. The number of aliphatic hydroxyl groups excluding tert-OH is 1. The summed E-state index contributed by atoms with van der Waals surface area (Å²) in [5, 5.41) is 15.1. The van der Waals surface area contributed by atoms with Crippen molar-refractivity contribution in [1.29, 1.82) is 0 Å². The third kappa shape index (κ3) is 2.93. The Balaban J connectivity index is 1.51. The molecule has 3 aromatic rings. The van der Waals surface area contributed by atoms with E-state index in [-0.39, 0.29) is 11.8 Å². The molecule has 25 heavy (non-hydrogen) atoms. The fraction of sp³-hybridized carbons (Fsp3) is 0.368. The summed E-state index contributed by atoms with van der Waals surface area (Å²) in [6.45, 7) is 4.58. The van der Waals surface area contributed by atoms with Crippen LogP contribution in [-0.2, 0) is 6.42 Å². The zero-order valence-corrected chi connectivity index (χ0v) is 14.2. The molecule has 6 heteroatoms. The number of hydrogen-bond donors (Lipinski definition) is 1. The molecule has 130 valence electrons. The second kappa shape index (κ2) is 6.04. The van der Waals surface area contributed by atoms with Crippen LogP contribution in [0.25, 0.3) is 11.0 Å². The van der Waals surface area contributed by atoms with Gasteiger partial charge in [0, 0.05) is 36.9 Å². The van der Waals surface area contributed by atoms with Crippen LogP contribution in [0.1, 0.15) is 27.6 Å². The zero-order chi connectivity index (χ0) is 17.6. The number of hydrogen-bond acceptors (Lipinski definition) is 5. The van der Waals surface area contributed by atoms with Crippen LogP contribution in [0.5, 0.6) is 0 Å². The lowest BCUT2D eigenvalue weighted by atomic mass is 10.0. The Hall–Kier alpha value is -2.60. The van der Waals surface area contributed by atoms with Gasteiger partial charge >= 0.3 is 0 Å². The highest BCUT2D eigenvalue weighted by atomic mass is 16.5. The molecule has 1 N–H and O–H groups in total. The number of benzene rings is 1. The number of β-amino-alcohol motifs (C(OH)–C–C–N with tert-alkyl or cyclic N) is 1. The van der Waals surface area contributed by atoms with E-state index in [1.165, 1.54) is 0 Å². The summed E-state index contributed by atoms with van der Waals surface area (Å²) in [7, 11) is 0. The molecule has 4 rings (SSSR count). The lowest BCUT2D eigenvalue weighted by Crippen LogP contribution is -2.29. The van der Waals surface area contributed by atoms with Crippen molar-refractivity contribution in [3.63, 3.8) is 0 Å². The number of rotatable bonds is 3. The number of carbonyl (C=O) groups is 1. The van der Waals surface area contributed by atoms with Crippen molar-refractivity contribution in [1.82, 2.24) is 10.1 Å². The van der Waals surface area contributed by atoms with Crippen LogP contribution >= 0.6 is 0 Å². The van der Waals surface area contributed by atoms with Gasteiger partial charge in [-0.25, -0.2) is 0 Å². The Morgan fingerprint density at radius 3 is 2.88 bits per heavy atom. The molecule has 0 saturated carbocycles. The highest BCUT2D eigenvalue weighted by molar-refractivity contribution is 5.96. The first kappa shape index (κ1) is 15.9. The van der Waals surface area contributed by atoms with Crippen molar-refractivity contribution in [2.24, 2.45) is 5.92 Å². The SMILES string of the molecule is Cc1cc(C[C@@H]2CN(C(=O)c3cc4cccc(C)c4o3)C[C@@H]2O)on1. The van der Waals surface area contributed by atoms with E-state index in [0.717, 1.165) is 28.0 Å². The number of aliphatic hydroxyl groups is 1. The normalized spacial score (nSPS) is 20.5. The van der Waals surface area contributed by atoms with Crippen molar-refractivity contribution < 1.29 is 18.8 Å². The van der Waals surface area contributed by atoms with Gasteiger partial charge in [-0.1, -0.05) is 23.4 Å². The Morgan fingerprint density at radius 1 is 1.32 bits per heavy atom. The van der Waals surface area contributed by atoms with Crippen molar-refractivity contribution in [3.05, 3.63) is 53.1 Å². The standard InChI is InChI=1S/C19H20N2O4/c1-11-4-3-5-13-8-17(24-18(11)13)19(23)21-9-14(16(22)10-21)7-15-6-12(2)20-25-15/h3-6,8,14,16,22H,7,9-10H2,1-2H3/t14-,16+/m1/s1. The predicted molar refractivity (Wildman–Crippen MR) is 91.3 cm³/mol. The molecule has 6 nitrogen and oxygen atoms in total. The molecule has 1 aliphatic rings. The molecule has 0 unspecified atom stereocenters. The van der Waals surface area contributed by atoms with Gasteiger partial charge in [-0.05, 0) is 25.5 Å². The summed E-state index contributed by atoms with van der Waals surface area (Å²) < 4.78 is 11.0. The lowest BCUT2D eigenvalue weighted by Gasteiger charge is -2.13. The van der Waals surface area contributed by atoms with E-state index in [9.17, 15) is 9.90 Å². The van der Waals surface area contributed by atoms with E-state index < -0.39 is 6.10 Å². The number of para-hydroxylation sites is 1. The van der Waals surface area contributed by atoms with Gasteiger partial charge in [0.25, 0.3) is 5.91 Å². The number of fused-ring (bicyclic) bond motifs is 1. The molecule has 2 atom stereocenters. The van der Waals surface area contributed by atoms with Crippen LogP contribution in [0, 0.1) is 19.8 Å². The maximum absolute atomic E-state index is 12.8. The molecule has 1 fully saturated rings. The smallest absolute Gasteiger partial charge is 0.289 e. The molecular formula is C19H20N2O4. The average molecular weight is 340 g/mol. The second-order valence-electron chi connectivity index (χ2n) is 6.78. The minimum absolute atomic E-state index is 0.0672. The molecule has 1 aromatic carbocycles. The van der Waals surface area contributed by atoms with Crippen molar-refractivity contribution >= 4 is 16.9 Å². The first-order chi connectivity index (χ1) is 12.0. The molecule has 1 aliphatic heterocycles. The van der Waals surface area contributed by atoms with E-state index in [2.05, 4.69) is 5.16 Å². The molecular weight excluding hydrogens is 320 g/mol. The van der Waals surface area contributed by atoms with Crippen molar-refractivity contribution in [2.75, 3.05) is 13.1 Å². The van der Waals surface area contributed by atoms with Crippen molar-refractivity contribution in [3.8, 4) is 0 Å². The van der Waals surface area contributed by atoms with E-state index >= 15 is 0 Å². The third-order valence-electron chi connectivity index (χ3n) is 4.79. The van der Waals surface area contributed by atoms with E-state index in [1.54, 1.807) is 11.0 Å². The zero-order valence-electron chi connectivity index (χ0n) is 14.2. The Labute approximate surface area is 145 Å². The van der Waals surface area contributed by atoms with Gasteiger partial charge in [-0.3, -0.25) is 4.79 Å². The first-order valence-corrected chi connectivity index (χ1v) is 8.40. The molecule has 0 radical (unpaired) electrons.